The Morgan fingerprint density at radius 2 is 1.44 bits per heavy atom. The van der Waals surface area contributed by atoms with Crippen LogP contribution < -0.4 is 10.1 Å². The van der Waals surface area contributed by atoms with Crippen LogP contribution >= 0.6 is 0 Å². The molecule has 0 aliphatic heterocycles. The Bertz CT molecular complexity index is 1350. The number of carbonyl (C=O) groups is 1. The number of rotatable bonds is 9. The van der Waals surface area contributed by atoms with E-state index in [9.17, 15) is 13.2 Å². The minimum atomic E-state index is -3.57. The molecule has 0 radical (unpaired) electrons. The Hall–Kier alpha value is -3.90. The lowest BCUT2D eigenvalue weighted by atomic mass is 10.1. The summed E-state index contributed by atoms with van der Waals surface area (Å²) in [6.07, 6.45) is 0. The van der Waals surface area contributed by atoms with Crippen molar-refractivity contribution >= 4 is 15.7 Å². The second-order valence-electron chi connectivity index (χ2n) is 7.74. The zero-order valence-electron chi connectivity index (χ0n) is 18.6. The molecule has 0 saturated carbocycles. The molecule has 4 aromatic carbocycles. The van der Waals surface area contributed by atoms with Crippen LogP contribution in [0.2, 0.25) is 0 Å². The summed E-state index contributed by atoms with van der Waals surface area (Å²) in [7, 11) is -3.57. The lowest BCUT2D eigenvalue weighted by Crippen LogP contribution is -2.28. The molecule has 0 aliphatic carbocycles. The average molecular weight is 472 g/mol. The summed E-state index contributed by atoms with van der Waals surface area (Å²) in [4.78, 5) is 12.7. The van der Waals surface area contributed by atoms with Crippen LogP contribution in [0.25, 0.3) is 11.1 Å². The van der Waals surface area contributed by atoms with Crippen LogP contribution in [0.3, 0.4) is 0 Å². The second kappa shape index (κ2) is 10.8. The van der Waals surface area contributed by atoms with Gasteiger partial charge in [-0.15, -0.1) is 0 Å². The molecule has 172 valence electrons. The van der Waals surface area contributed by atoms with Gasteiger partial charge >= 0.3 is 0 Å². The van der Waals surface area contributed by atoms with Gasteiger partial charge in [0.05, 0.1) is 17.2 Å². The summed E-state index contributed by atoms with van der Waals surface area (Å²) in [5.74, 6) is 0.266. The van der Waals surface area contributed by atoms with Gasteiger partial charge in [0.1, 0.15) is 12.4 Å². The third kappa shape index (κ3) is 5.91. The van der Waals surface area contributed by atoms with Crippen molar-refractivity contribution in [3.05, 3.63) is 120 Å². The normalized spacial score (nSPS) is 11.1. The number of hydrogen-bond donors (Lipinski definition) is 1. The Morgan fingerprint density at radius 1 is 0.765 bits per heavy atom. The number of para-hydroxylation sites is 1. The maximum absolute atomic E-state index is 12.8. The summed E-state index contributed by atoms with van der Waals surface area (Å²) >= 11 is 0. The van der Waals surface area contributed by atoms with Crippen molar-refractivity contribution in [2.75, 3.05) is 13.2 Å². The molecular weight excluding hydrogens is 446 g/mol. The number of amides is 1. The highest BCUT2D eigenvalue weighted by molar-refractivity contribution is 7.90. The first-order valence-electron chi connectivity index (χ1n) is 11.0. The van der Waals surface area contributed by atoms with Crippen LogP contribution in [0.15, 0.2) is 114 Å². The van der Waals surface area contributed by atoms with E-state index in [1.165, 1.54) is 12.1 Å². The minimum Gasteiger partial charge on any atom is -0.491 e. The SMILES string of the molecule is O=C(NCCOc1ccccc1-c1ccccc1)c1cccc(S(=O)(=O)Cc2ccccc2)c1. The van der Waals surface area contributed by atoms with Crippen molar-refractivity contribution in [2.45, 2.75) is 10.6 Å². The lowest BCUT2D eigenvalue weighted by molar-refractivity contribution is 0.0947. The molecule has 5 nitrogen and oxygen atoms in total. The molecule has 4 rings (SSSR count). The number of hydrogen-bond acceptors (Lipinski definition) is 4. The maximum atomic E-state index is 12.8. The molecule has 1 N–H and O–H groups in total. The molecule has 1 amide bonds. The third-order valence-corrected chi connectivity index (χ3v) is 6.96. The molecule has 0 aliphatic rings. The summed E-state index contributed by atoms with van der Waals surface area (Å²) in [6.45, 7) is 0.560. The largest absolute Gasteiger partial charge is 0.491 e. The first-order chi connectivity index (χ1) is 16.5. The second-order valence-corrected chi connectivity index (χ2v) is 9.73. The van der Waals surface area contributed by atoms with E-state index < -0.39 is 9.84 Å². The summed E-state index contributed by atoms with van der Waals surface area (Å²) in [5.41, 5.74) is 3.02. The zero-order chi connectivity index (χ0) is 23.8. The quantitative estimate of drug-likeness (QED) is 0.343. The van der Waals surface area contributed by atoms with Crippen LogP contribution in [0.4, 0.5) is 0 Å². The van der Waals surface area contributed by atoms with Gasteiger partial charge in [-0.1, -0.05) is 84.9 Å². The van der Waals surface area contributed by atoms with E-state index >= 15 is 0 Å². The fraction of sp³-hybridized carbons (Fsp3) is 0.107. The Kier molecular flexibility index (Phi) is 7.40. The van der Waals surface area contributed by atoms with Crippen molar-refractivity contribution < 1.29 is 17.9 Å². The Morgan fingerprint density at radius 3 is 2.21 bits per heavy atom. The molecule has 0 aromatic heterocycles. The van der Waals surface area contributed by atoms with Gasteiger partial charge in [0.2, 0.25) is 0 Å². The fourth-order valence-electron chi connectivity index (χ4n) is 3.58. The third-order valence-electron chi connectivity index (χ3n) is 5.27. The Balaban J connectivity index is 1.36. The molecule has 0 spiro atoms. The number of benzene rings is 4. The van der Waals surface area contributed by atoms with E-state index in [0.717, 1.165) is 16.9 Å². The number of ether oxygens (including phenoxy) is 1. The molecular formula is C28H25NO4S. The number of nitrogens with one attached hydrogen (secondary N) is 1. The molecule has 0 unspecified atom stereocenters. The first-order valence-corrected chi connectivity index (χ1v) is 12.6. The smallest absolute Gasteiger partial charge is 0.251 e. The van der Waals surface area contributed by atoms with Crippen molar-refractivity contribution in [1.29, 1.82) is 0 Å². The summed E-state index contributed by atoms with van der Waals surface area (Å²) in [5, 5.41) is 2.80. The van der Waals surface area contributed by atoms with E-state index in [-0.39, 0.29) is 29.7 Å². The fourth-order valence-corrected chi connectivity index (χ4v) is 4.97. The maximum Gasteiger partial charge on any atom is 0.251 e. The van der Waals surface area contributed by atoms with Gasteiger partial charge < -0.3 is 10.1 Å². The average Bonchev–Trinajstić information content (AvgIpc) is 2.88. The summed E-state index contributed by atoms with van der Waals surface area (Å²) < 4.78 is 31.5. The molecule has 0 saturated heterocycles. The van der Waals surface area contributed by atoms with Gasteiger partial charge in [-0.05, 0) is 35.4 Å². The van der Waals surface area contributed by atoms with Crippen LogP contribution in [0, 0.1) is 0 Å². The Labute approximate surface area is 200 Å². The monoisotopic (exact) mass is 471 g/mol. The molecule has 0 heterocycles. The van der Waals surface area contributed by atoms with Crippen LogP contribution in [0.1, 0.15) is 15.9 Å². The van der Waals surface area contributed by atoms with Crippen LogP contribution in [0.5, 0.6) is 5.75 Å². The van der Waals surface area contributed by atoms with E-state index in [1.807, 2.05) is 60.7 Å². The molecule has 0 bridgehead atoms. The van der Waals surface area contributed by atoms with Gasteiger partial charge in [0, 0.05) is 11.1 Å². The number of sulfone groups is 1. The first kappa shape index (κ1) is 23.3. The highest BCUT2D eigenvalue weighted by Gasteiger charge is 2.17. The molecule has 0 atom stereocenters. The predicted molar refractivity (Wildman–Crippen MR) is 133 cm³/mol. The van der Waals surface area contributed by atoms with Gasteiger partial charge in [0.15, 0.2) is 9.84 Å². The minimum absolute atomic E-state index is 0.117. The molecule has 4 aromatic rings. The van der Waals surface area contributed by atoms with E-state index in [0.29, 0.717) is 11.1 Å². The van der Waals surface area contributed by atoms with Gasteiger partial charge in [-0.3, -0.25) is 4.79 Å². The van der Waals surface area contributed by atoms with Gasteiger partial charge in [0.25, 0.3) is 5.91 Å². The number of carbonyl (C=O) groups excluding carboxylic acids is 1. The van der Waals surface area contributed by atoms with Crippen molar-refractivity contribution in [3.8, 4) is 16.9 Å². The van der Waals surface area contributed by atoms with E-state index in [2.05, 4.69) is 5.32 Å². The highest BCUT2D eigenvalue weighted by Crippen LogP contribution is 2.29. The molecule has 0 fully saturated rings. The van der Waals surface area contributed by atoms with Gasteiger partial charge in [-0.25, -0.2) is 8.42 Å². The standard InChI is InChI=1S/C28H25NO4S/c30-28(24-14-9-15-25(20-24)34(31,32)21-22-10-3-1-4-11-22)29-18-19-33-27-17-8-7-16-26(27)23-12-5-2-6-13-23/h1-17,20H,18-19,21H2,(H,29,30). The highest BCUT2D eigenvalue weighted by atomic mass is 32.2. The van der Waals surface area contributed by atoms with Crippen molar-refractivity contribution in [1.82, 2.24) is 5.32 Å². The van der Waals surface area contributed by atoms with E-state index in [4.69, 9.17) is 4.74 Å². The van der Waals surface area contributed by atoms with Crippen LogP contribution in [-0.4, -0.2) is 27.5 Å². The van der Waals surface area contributed by atoms with Crippen LogP contribution in [-0.2, 0) is 15.6 Å². The van der Waals surface area contributed by atoms with Crippen molar-refractivity contribution in [2.24, 2.45) is 0 Å². The van der Waals surface area contributed by atoms with Gasteiger partial charge in [-0.2, -0.15) is 0 Å². The van der Waals surface area contributed by atoms with Crippen molar-refractivity contribution in [3.63, 3.8) is 0 Å². The summed E-state index contributed by atoms with van der Waals surface area (Å²) in [6, 6.07) is 32.8. The predicted octanol–water partition coefficient (Wildman–Crippen LogP) is 5.14. The molecule has 34 heavy (non-hydrogen) atoms. The topological polar surface area (TPSA) is 72.5 Å². The lowest BCUT2D eigenvalue weighted by Gasteiger charge is -2.12. The van der Waals surface area contributed by atoms with E-state index in [1.54, 1.807) is 36.4 Å². The molecule has 6 heteroatoms. The zero-order valence-corrected chi connectivity index (χ0v) is 19.4.